The van der Waals surface area contributed by atoms with Gasteiger partial charge >= 0.3 is 0 Å². The molecule has 0 spiro atoms. The number of aliphatic hydroxyl groups is 4. The van der Waals surface area contributed by atoms with Gasteiger partial charge in [-0.05, 0) is 54.5 Å². The van der Waals surface area contributed by atoms with Gasteiger partial charge in [-0.2, -0.15) is 0 Å². The zero-order valence-electron chi connectivity index (χ0n) is 20.7. The fourth-order valence-corrected chi connectivity index (χ4v) is 5.21. The standard InChI is InChI=1S/C28H37ClO7/c1-2-17-7-9-18(10-8-17)13-19-14-21(28-27(33)26(32)25(31)24(16-30)36-28)23(15-22(19)29)35-12-11-34-20-5-3-4-6-20/h7-10,14-15,20,24-28,30-33H,2-6,11-13,16H2,1H3/t24-,25-,26+,27-,28+/m1/s1. The highest BCUT2D eigenvalue weighted by Gasteiger charge is 2.45. The van der Waals surface area contributed by atoms with E-state index in [2.05, 4.69) is 31.2 Å². The summed E-state index contributed by atoms with van der Waals surface area (Å²) in [7, 11) is 0. The molecule has 5 atom stereocenters. The zero-order valence-corrected chi connectivity index (χ0v) is 21.4. The Morgan fingerprint density at radius 3 is 2.31 bits per heavy atom. The Bertz CT molecular complexity index is 975. The van der Waals surface area contributed by atoms with Crippen LogP contribution in [0.3, 0.4) is 0 Å². The lowest BCUT2D eigenvalue weighted by atomic mass is 9.89. The van der Waals surface area contributed by atoms with E-state index in [0.29, 0.717) is 29.4 Å². The van der Waals surface area contributed by atoms with Crippen LogP contribution in [0, 0.1) is 0 Å². The molecular formula is C28H37ClO7. The van der Waals surface area contributed by atoms with E-state index in [1.54, 1.807) is 6.07 Å². The first kappa shape index (κ1) is 27.3. The summed E-state index contributed by atoms with van der Waals surface area (Å²) in [5.74, 6) is 0.407. The molecule has 7 nitrogen and oxygen atoms in total. The summed E-state index contributed by atoms with van der Waals surface area (Å²) in [6.45, 7) is 2.31. The van der Waals surface area contributed by atoms with E-state index in [1.807, 2.05) is 6.07 Å². The summed E-state index contributed by atoms with van der Waals surface area (Å²) in [6.07, 6.45) is -0.105. The van der Waals surface area contributed by atoms with Gasteiger partial charge < -0.3 is 34.6 Å². The van der Waals surface area contributed by atoms with Gasteiger partial charge in [-0.1, -0.05) is 55.6 Å². The van der Waals surface area contributed by atoms with Crippen molar-refractivity contribution in [3.8, 4) is 5.75 Å². The Morgan fingerprint density at radius 1 is 0.944 bits per heavy atom. The average Bonchev–Trinajstić information content (AvgIpc) is 3.41. The molecule has 1 saturated heterocycles. The van der Waals surface area contributed by atoms with Gasteiger partial charge in [0.1, 0.15) is 42.9 Å². The van der Waals surface area contributed by atoms with E-state index < -0.39 is 37.1 Å². The molecule has 0 aromatic heterocycles. The van der Waals surface area contributed by atoms with Gasteiger partial charge in [0.2, 0.25) is 0 Å². The van der Waals surface area contributed by atoms with E-state index >= 15 is 0 Å². The lowest BCUT2D eigenvalue weighted by Crippen LogP contribution is -2.55. The highest BCUT2D eigenvalue weighted by atomic mass is 35.5. The third-order valence-electron chi connectivity index (χ3n) is 7.20. The van der Waals surface area contributed by atoms with Crippen molar-refractivity contribution in [1.29, 1.82) is 0 Å². The third kappa shape index (κ3) is 6.40. The molecule has 1 aliphatic carbocycles. The Labute approximate surface area is 217 Å². The van der Waals surface area contributed by atoms with Gasteiger partial charge in [0.05, 0.1) is 19.3 Å². The highest BCUT2D eigenvalue weighted by Crippen LogP contribution is 2.40. The summed E-state index contributed by atoms with van der Waals surface area (Å²) in [5.41, 5.74) is 3.63. The summed E-state index contributed by atoms with van der Waals surface area (Å²) in [5, 5.41) is 41.6. The summed E-state index contributed by atoms with van der Waals surface area (Å²) in [4.78, 5) is 0. The Hall–Kier alpha value is -1.71. The topological polar surface area (TPSA) is 109 Å². The summed E-state index contributed by atoms with van der Waals surface area (Å²) in [6, 6.07) is 11.8. The third-order valence-corrected chi connectivity index (χ3v) is 7.55. The highest BCUT2D eigenvalue weighted by molar-refractivity contribution is 6.31. The van der Waals surface area contributed by atoms with Gasteiger partial charge in [0.25, 0.3) is 0 Å². The van der Waals surface area contributed by atoms with Crippen LogP contribution >= 0.6 is 11.6 Å². The van der Waals surface area contributed by atoms with Crippen LogP contribution in [0.25, 0.3) is 0 Å². The van der Waals surface area contributed by atoms with Crippen LogP contribution in [0.5, 0.6) is 5.75 Å². The second-order valence-corrected chi connectivity index (χ2v) is 10.1. The van der Waals surface area contributed by atoms with Crippen LogP contribution in [-0.2, 0) is 22.3 Å². The predicted molar refractivity (Wildman–Crippen MR) is 137 cm³/mol. The first-order valence-corrected chi connectivity index (χ1v) is 13.2. The second-order valence-electron chi connectivity index (χ2n) is 9.70. The van der Waals surface area contributed by atoms with E-state index in [1.165, 1.54) is 18.4 Å². The number of hydrogen-bond acceptors (Lipinski definition) is 7. The average molecular weight is 521 g/mol. The molecule has 1 saturated carbocycles. The molecule has 0 bridgehead atoms. The van der Waals surface area contributed by atoms with Crippen molar-refractivity contribution < 1.29 is 34.6 Å². The van der Waals surface area contributed by atoms with Gasteiger partial charge in [0, 0.05) is 10.6 Å². The molecule has 2 aromatic rings. The SMILES string of the molecule is CCc1ccc(Cc2cc([C@@H]3O[C@H](CO)[C@@H](O)[C@H](O)[C@H]3O)c(OCCOC3CCCC3)cc2Cl)cc1. The Morgan fingerprint density at radius 2 is 1.64 bits per heavy atom. The first-order valence-electron chi connectivity index (χ1n) is 12.9. The van der Waals surface area contributed by atoms with Gasteiger partial charge in [-0.15, -0.1) is 0 Å². The number of hydrogen-bond donors (Lipinski definition) is 4. The van der Waals surface area contributed by atoms with Crippen molar-refractivity contribution in [2.75, 3.05) is 19.8 Å². The van der Waals surface area contributed by atoms with Crippen LogP contribution in [-0.4, -0.2) is 70.8 Å². The molecular weight excluding hydrogens is 484 g/mol. The monoisotopic (exact) mass is 520 g/mol. The zero-order chi connectivity index (χ0) is 25.7. The molecule has 0 amide bonds. The molecule has 2 fully saturated rings. The minimum atomic E-state index is -1.49. The van der Waals surface area contributed by atoms with Crippen LogP contribution < -0.4 is 4.74 Å². The normalized spacial score (nSPS) is 26.9. The number of halogens is 1. The van der Waals surface area contributed by atoms with Crippen molar-refractivity contribution in [2.24, 2.45) is 0 Å². The number of aliphatic hydroxyl groups excluding tert-OH is 4. The fraction of sp³-hybridized carbons (Fsp3) is 0.571. The number of benzene rings is 2. The van der Waals surface area contributed by atoms with Crippen LogP contribution in [0.2, 0.25) is 5.02 Å². The van der Waals surface area contributed by atoms with Crippen LogP contribution in [0.15, 0.2) is 36.4 Å². The number of aryl methyl sites for hydroxylation is 1. The van der Waals surface area contributed by atoms with Crippen LogP contribution in [0.4, 0.5) is 0 Å². The van der Waals surface area contributed by atoms with E-state index in [4.69, 9.17) is 25.8 Å². The van der Waals surface area contributed by atoms with E-state index in [-0.39, 0.29) is 12.7 Å². The molecule has 36 heavy (non-hydrogen) atoms. The summed E-state index contributed by atoms with van der Waals surface area (Å²) >= 11 is 6.67. The molecule has 198 valence electrons. The number of rotatable bonds is 10. The lowest BCUT2D eigenvalue weighted by molar-refractivity contribution is -0.232. The van der Waals surface area contributed by atoms with Crippen molar-refractivity contribution in [3.63, 3.8) is 0 Å². The molecule has 2 aliphatic rings. The van der Waals surface area contributed by atoms with Gasteiger partial charge in [-0.3, -0.25) is 0 Å². The van der Waals surface area contributed by atoms with E-state index in [9.17, 15) is 20.4 Å². The van der Waals surface area contributed by atoms with E-state index in [0.717, 1.165) is 30.4 Å². The summed E-state index contributed by atoms with van der Waals surface area (Å²) < 4.78 is 17.8. The minimum absolute atomic E-state index is 0.267. The van der Waals surface area contributed by atoms with Crippen molar-refractivity contribution >= 4 is 11.6 Å². The lowest BCUT2D eigenvalue weighted by Gasteiger charge is -2.40. The van der Waals surface area contributed by atoms with Gasteiger partial charge in [-0.25, -0.2) is 0 Å². The van der Waals surface area contributed by atoms with Crippen LogP contribution in [0.1, 0.15) is 61.0 Å². The molecule has 4 N–H and O–H groups in total. The largest absolute Gasteiger partial charge is 0.491 e. The minimum Gasteiger partial charge on any atom is -0.491 e. The maximum Gasteiger partial charge on any atom is 0.126 e. The van der Waals surface area contributed by atoms with Crippen molar-refractivity contribution in [2.45, 2.75) is 82.1 Å². The quantitative estimate of drug-likeness (QED) is 0.356. The van der Waals surface area contributed by atoms with Gasteiger partial charge in [0.15, 0.2) is 0 Å². The molecule has 2 aromatic carbocycles. The molecule has 4 rings (SSSR count). The number of ether oxygens (including phenoxy) is 3. The Kier molecular flexibility index (Phi) is 9.64. The van der Waals surface area contributed by atoms with Crippen molar-refractivity contribution in [3.05, 3.63) is 63.7 Å². The second kappa shape index (κ2) is 12.7. The molecule has 8 heteroatoms. The maximum absolute atomic E-state index is 10.8. The molecule has 1 aliphatic heterocycles. The first-order chi connectivity index (χ1) is 17.4. The van der Waals surface area contributed by atoms with Crippen molar-refractivity contribution in [1.82, 2.24) is 0 Å². The molecule has 0 radical (unpaired) electrons. The molecule has 1 heterocycles. The maximum atomic E-state index is 10.8. The Balaban J connectivity index is 1.59. The smallest absolute Gasteiger partial charge is 0.126 e. The molecule has 0 unspecified atom stereocenters. The predicted octanol–water partition coefficient (Wildman–Crippen LogP) is 3.35. The fourth-order valence-electron chi connectivity index (χ4n) is 4.99.